The van der Waals surface area contributed by atoms with Gasteiger partial charge in [-0.3, -0.25) is 13.9 Å². The molecular formula is C24H31Cl2N3O4S. The number of amides is 2. The molecule has 0 unspecified atom stereocenters. The van der Waals surface area contributed by atoms with Crippen molar-refractivity contribution in [2.75, 3.05) is 17.1 Å². The molecule has 1 N–H and O–H groups in total. The van der Waals surface area contributed by atoms with Gasteiger partial charge in [-0.05, 0) is 51.5 Å². The van der Waals surface area contributed by atoms with Crippen molar-refractivity contribution < 1.29 is 18.0 Å². The summed E-state index contributed by atoms with van der Waals surface area (Å²) in [5, 5.41) is 3.62. The summed E-state index contributed by atoms with van der Waals surface area (Å²) >= 11 is 12.6. The molecule has 0 aliphatic heterocycles. The minimum Gasteiger partial charge on any atom is -0.352 e. The van der Waals surface area contributed by atoms with E-state index < -0.39 is 16.1 Å². The number of hydrogen-bond donors (Lipinski definition) is 1. The highest BCUT2D eigenvalue weighted by Gasteiger charge is 2.28. The third-order valence-electron chi connectivity index (χ3n) is 5.18. The number of hydrogen-bond acceptors (Lipinski definition) is 4. The molecule has 0 bridgehead atoms. The van der Waals surface area contributed by atoms with Gasteiger partial charge in [-0.1, -0.05) is 47.5 Å². The van der Waals surface area contributed by atoms with Crippen molar-refractivity contribution >= 4 is 50.7 Å². The molecule has 0 saturated carbocycles. The minimum absolute atomic E-state index is 0.0419. The standard InChI is InChI=1S/C24H31Cl2N3O4S/c1-17(2)27-24(31)18(3)28(16-20-21(25)12-8-13-22(20)26)23(30)14-9-15-29(34(4,32)33)19-10-6-5-7-11-19/h5-8,10-13,17-18H,9,14-16H2,1-4H3,(H,27,31)/t18-/m1/s1. The van der Waals surface area contributed by atoms with Gasteiger partial charge >= 0.3 is 0 Å². The van der Waals surface area contributed by atoms with Crippen molar-refractivity contribution in [2.45, 2.75) is 52.2 Å². The van der Waals surface area contributed by atoms with Crippen LogP contribution in [0.4, 0.5) is 5.69 Å². The molecule has 0 fully saturated rings. The van der Waals surface area contributed by atoms with Gasteiger partial charge in [0.1, 0.15) is 6.04 Å². The lowest BCUT2D eigenvalue weighted by Gasteiger charge is -2.30. The molecule has 0 aromatic heterocycles. The zero-order valence-corrected chi connectivity index (χ0v) is 22.1. The number of para-hydroxylation sites is 1. The predicted molar refractivity (Wildman–Crippen MR) is 138 cm³/mol. The van der Waals surface area contributed by atoms with Crippen LogP contribution >= 0.6 is 23.2 Å². The first kappa shape index (κ1) is 28.0. The Morgan fingerprint density at radius 1 is 0.971 bits per heavy atom. The van der Waals surface area contributed by atoms with E-state index in [-0.39, 0.29) is 43.8 Å². The van der Waals surface area contributed by atoms with E-state index in [4.69, 9.17) is 23.2 Å². The number of halogens is 2. The van der Waals surface area contributed by atoms with Crippen LogP contribution in [-0.2, 0) is 26.2 Å². The van der Waals surface area contributed by atoms with Gasteiger partial charge in [-0.25, -0.2) is 8.42 Å². The minimum atomic E-state index is -3.53. The van der Waals surface area contributed by atoms with Crippen LogP contribution in [0.3, 0.4) is 0 Å². The molecule has 0 heterocycles. The average Bonchev–Trinajstić information content (AvgIpc) is 2.75. The molecule has 0 spiro atoms. The number of nitrogens with one attached hydrogen (secondary N) is 1. The Balaban J connectivity index is 2.21. The summed E-state index contributed by atoms with van der Waals surface area (Å²) in [5.41, 5.74) is 1.08. The van der Waals surface area contributed by atoms with Crippen LogP contribution in [0.2, 0.25) is 10.0 Å². The molecule has 0 saturated heterocycles. The number of sulfonamides is 1. The van der Waals surface area contributed by atoms with Gasteiger partial charge in [0.25, 0.3) is 0 Å². The number of nitrogens with zero attached hydrogens (tertiary/aromatic N) is 2. The maximum atomic E-state index is 13.3. The van der Waals surface area contributed by atoms with Gasteiger partial charge < -0.3 is 10.2 Å². The first-order valence-electron chi connectivity index (χ1n) is 11.0. The maximum absolute atomic E-state index is 13.3. The first-order chi connectivity index (χ1) is 15.9. The zero-order valence-electron chi connectivity index (χ0n) is 19.8. The lowest BCUT2D eigenvalue weighted by atomic mass is 10.1. The highest BCUT2D eigenvalue weighted by atomic mass is 35.5. The Labute approximate surface area is 212 Å². The van der Waals surface area contributed by atoms with Crippen LogP contribution in [-0.4, -0.2) is 50.0 Å². The summed E-state index contributed by atoms with van der Waals surface area (Å²) in [7, 11) is -3.53. The van der Waals surface area contributed by atoms with Crippen molar-refractivity contribution in [3.05, 3.63) is 64.1 Å². The first-order valence-corrected chi connectivity index (χ1v) is 13.6. The van der Waals surface area contributed by atoms with Crippen molar-refractivity contribution in [2.24, 2.45) is 0 Å². The molecule has 186 valence electrons. The molecule has 0 radical (unpaired) electrons. The number of rotatable bonds is 11. The Kier molecular flexibility index (Phi) is 10.2. The van der Waals surface area contributed by atoms with E-state index in [9.17, 15) is 18.0 Å². The number of benzene rings is 2. The van der Waals surface area contributed by atoms with E-state index in [1.807, 2.05) is 13.8 Å². The summed E-state index contributed by atoms with van der Waals surface area (Å²) in [6.07, 6.45) is 1.44. The summed E-state index contributed by atoms with van der Waals surface area (Å²) in [6, 6.07) is 12.9. The largest absolute Gasteiger partial charge is 0.352 e. The van der Waals surface area contributed by atoms with E-state index in [1.165, 1.54) is 9.21 Å². The SMILES string of the molecule is CC(C)NC(=O)[C@@H](C)N(Cc1c(Cl)cccc1Cl)C(=O)CCCN(c1ccccc1)S(C)(=O)=O. The fourth-order valence-corrected chi connectivity index (χ4v) is 4.92. The third kappa shape index (κ3) is 7.89. The van der Waals surface area contributed by atoms with Gasteiger partial charge in [0.2, 0.25) is 21.8 Å². The summed E-state index contributed by atoms with van der Waals surface area (Å²) in [4.78, 5) is 27.4. The summed E-state index contributed by atoms with van der Waals surface area (Å²) < 4.78 is 25.9. The number of carbonyl (C=O) groups is 2. The van der Waals surface area contributed by atoms with E-state index >= 15 is 0 Å². The fraction of sp³-hybridized carbons (Fsp3) is 0.417. The van der Waals surface area contributed by atoms with E-state index in [0.29, 0.717) is 21.3 Å². The monoisotopic (exact) mass is 527 g/mol. The van der Waals surface area contributed by atoms with Crippen molar-refractivity contribution in [3.8, 4) is 0 Å². The van der Waals surface area contributed by atoms with Gasteiger partial charge in [-0.2, -0.15) is 0 Å². The number of anilines is 1. The highest BCUT2D eigenvalue weighted by molar-refractivity contribution is 7.92. The average molecular weight is 529 g/mol. The molecule has 7 nitrogen and oxygen atoms in total. The molecule has 0 aliphatic rings. The molecule has 10 heteroatoms. The molecular weight excluding hydrogens is 497 g/mol. The highest BCUT2D eigenvalue weighted by Crippen LogP contribution is 2.27. The smallest absolute Gasteiger partial charge is 0.242 e. The lowest BCUT2D eigenvalue weighted by Crippen LogP contribution is -2.49. The van der Waals surface area contributed by atoms with E-state index in [2.05, 4.69) is 5.32 Å². The Morgan fingerprint density at radius 2 is 1.56 bits per heavy atom. The van der Waals surface area contributed by atoms with Crippen molar-refractivity contribution in [1.29, 1.82) is 0 Å². The molecule has 2 aromatic carbocycles. The van der Waals surface area contributed by atoms with Crippen molar-refractivity contribution in [3.63, 3.8) is 0 Å². The Hall–Kier alpha value is -2.29. The molecule has 2 rings (SSSR count). The molecule has 2 amide bonds. The maximum Gasteiger partial charge on any atom is 0.242 e. The summed E-state index contributed by atoms with van der Waals surface area (Å²) in [5.74, 6) is -0.600. The second kappa shape index (κ2) is 12.4. The Bertz CT molecular complexity index is 1070. The second-order valence-electron chi connectivity index (χ2n) is 8.34. The van der Waals surface area contributed by atoms with Gasteiger partial charge in [0.05, 0.1) is 11.9 Å². The zero-order chi connectivity index (χ0) is 25.5. The topological polar surface area (TPSA) is 86.8 Å². The van der Waals surface area contributed by atoms with Crippen LogP contribution in [0.1, 0.15) is 39.2 Å². The quantitative estimate of drug-likeness (QED) is 0.466. The third-order valence-corrected chi connectivity index (χ3v) is 7.09. The second-order valence-corrected chi connectivity index (χ2v) is 11.1. The van der Waals surface area contributed by atoms with Crippen LogP contribution < -0.4 is 9.62 Å². The van der Waals surface area contributed by atoms with Crippen LogP contribution in [0.15, 0.2) is 48.5 Å². The van der Waals surface area contributed by atoms with Crippen LogP contribution in [0.5, 0.6) is 0 Å². The van der Waals surface area contributed by atoms with Crippen LogP contribution in [0, 0.1) is 0 Å². The molecule has 34 heavy (non-hydrogen) atoms. The Morgan fingerprint density at radius 3 is 2.09 bits per heavy atom. The van der Waals surface area contributed by atoms with Gasteiger partial charge in [0.15, 0.2) is 0 Å². The number of carbonyl (C=O) groups excluding carboxylic acids is 2. The molecule has 1 atom stereocenters. The van der Waals surface area contributed by atoms with Crippen molar-refractivity contribution in [1.82, 2.24) is 10.2 Å². The summed E-state index contributed by atoms with van der Waals surface area (Å²) in [6.45, 7) is 5.50. The lowest BCUT2D eigenvalue weighted by molar-refractivity contribution is -0.140. The molecule has 2 aromatic rings. The normalized spacial score (nSPS) is 12.3. The molecule has 0 aliphatic carbocycles. The predicted octanol–water partition coefficient (Wildman–Crippen LogP) is 4.48. The fourth-order valence-electron chi connectivity index (χ4n) is 3.44. The van der Waals surface area contributed by atoms with E-state index in [0.717, 1.165) is 6.26 Å². The van der Waals surface area contributed by atoms with E-state index in [1.54, 1.807) is 55.5 Å². The van der Waals surface area contributed by atoms with Gasteiger partial charge in [-0.15, -0.1) is 0 Å². The van der Waals surface area contributed by atoms with Crippen LogP contribution in [0.25, 0.3) is 0 Å². The van der Waals surface area contributed by atoms with Gasteiger partial charge in [0, 0.05) is 41.2 Å².